The van der Waals surface area contributed by atoms with E-state index in [0.29, 0.717) is 5.75 Å². The van der Waals surface area contributed by atoms with Crippen LogP contribution >= 0.6 is 34.4 Å². The van der Waals surface area contributed by atoms with Crippen molar-refractivity contribution >= 4 is 56.8 Å². The lowest BCUT2D eigenvalue weighted by molar-refractivity contribution is -0.118. The Morgan fingerprint density at radius 3 is 3.05 bits per heavy atom. The number of para-hydroxylation sites is 1. The second kappa shape index (κ2) is 6.84. The van der Waals surface area contributed by atoms with E-state index in [2.05, 4.69) is 15.5 Å². The van der Waals surface area contributed by atoms with Gasteiger partial charge < -0.3 is 0 Å². The van der Waals surface area contributed by atoms with Gasteiger partial charge in [0.15, 0.2) is 4.34 Å². The summed E-state index contributed by atoms with van der Waals surface area (Å²) in [5.74, 6) is 0.175. The predicted octanol–water partition coefficient (Wildman–Crippen LogP) is 3.60. The van der Waals surface area contributed by atoms with Crippen LogP contribution in [-0.2, 0) is 4.79 Å². The van der Waals surface area contributed by atoms with E-state index in [4.69, 9.17) is 0 Å². The fourth-order valence-corrected chi connectivity index (χ4v) is 4.05. The number of hydrogen-bond acceptors (Lipinski definition) is 6. The quantitative estimate of drug-likeness (QED) is 0.441. The van der Waals surface area contributed by atoms with Gasteiger partial charge in [-0.1, -0.05) is 30.0 Å². The van der Waals surface area contributed by atoms with Gasteiger partial charge in [0.25, 0.3) is 5.91 Å². The predicted molar refractivity (Wildman–Crippen MR) is 90.4 cm³/mol. The van der Waals surface area contributed by atoms with Gasteiger partial charge in [-0.25, -0.2) is 10.4 Å². The molecule has 3 rings (SSSR count). The standard InChI is InChI=1S/C14H11N3OS3/c18-13(17-15-8-10-4-3-7-19-10)9-20-14-16-11-5-1-2-6-12(11)21-14/h1-8H,9H2,(H,17,18)/b15-8+. The lowest BCUT2D eigenvalue weighted by Crippen LogP contribution is -2.19. The van der Waals surface area contributed by atoms with Gasteiger partial charge in [0.05, 0.1) is 22.2 Å². The zero-order valence-corrected chi connectivity index (χ0v) is 13.3. The van der Waals surface area contributed by atoms with Crippen LogP contribution in [0.2, 0.25) is 0 Å². The Hall–Kier alpha value is -1.70. The number of benzene rings is 1. The molecule has 0 bridgehead atoms. The van der Waals surface area contributed by atoms with Crippen LogP contribution in [0.5, 0.6) is 0 Å². The van der Waals surface area contributed by atoms with E-state index in [9.17, 15) is 4.79 Å². The van der Waals surface area contributed by atoms with Crippen LogP contribution in [0.4, 0.5) is 0 Å². The lowest BCUT2D eigenvalue weighted by atomic mass is 10.3. The summed E-state index contributed by atoms with van der Waals surface area (Å²) in [6, 6.07) is 11.8. The maximum Gasteiger partial charge on any atom is 0.250 e. The summed E-state index contributed by atoms with van der Waals surface area (Å²) in [6.45, 7) is 0. The molecule has 1 aromatic carbocycles. The van der Waals surface area contributed by atoms with Crippen LogP contribution in [0.15, 0.2) is 51.2 Å². The molecule has 0 spiro atoms. The highest BCUT2D eigenvalue weighted by Crippen LogP contribution is 2.28. The number of thioether (sulfide) groups is 1. The van der Waals surface area contributed by atoms with Gasteiger partial charge >= 0.3 is 0 Å². The number of hydrogen-bond donors (Lipinski definition) is 1. The molecule has 4 nitrogen and oxygen atoms in total. The van der Waals surface area contributed by atoms with E-state index in [-0.39, 0.29) is 5.91 Å². The third-order valence-electron chi connectivity index (χ3n) is 2.53. The van der Waals surface area contributed by atoms with Crippen LogP contribution in [0.25, 0.3) is 10.2 Å². The molecule has 21 heavy (non-hydrogen) atoms. The van der Waals surface area contributed by atoms with Crippen LogP contribution in [0.1, 0.15) is 4.88 Å². The Kier molecular flexibility index (Phi) is 4.64. The Balaban J connectivity index is 1.51. The third kappa shape index (κ3) is 3.90. The van der Waals surface area contributed by atoms with Gasteiger partial charge in [0, 0.05) is 4.88 Å². The molecule has 2 aromatic heterocycles. The summed E-state index contributed by atoms with van der Waals surface area (Å²) in [7, 11) is 0. The average Bonchev–Trinajstić information content (AvgIpc) is 3.13. The molecule has 3 aromatic rings. The number of carbonyl (C=O) groups excluding carboxylic acids is 1. The number of hydrazone groups is 1. The molecule has 0 atom stereocenters. The molecule has 0 fully saturated rings. The molecule has 1 amide bonds. The molecule has 7 heteroatoms. The van der Waals surface area contributed by atoms with E-state index < -0.39 is 0 Å². The Morgan fingerprint density at radius 1 is 1.33 bits per heavy atom. The van der Waals surface area contributed by atoms with Gasteiger partial charge in [0.1, 0.15) is 0 Å². The second-order valence-electron chi connectivity index (χ2n) is 4.04. The average molecular weight is 333 g/mol. The first kappa shape index (κ1) is 14.2. The molecule has 1 N–H and O–H groups in total. The minimum atomic E-state index is -0.132. The number of carbonyl (C=O) groups is 1. The number of nitrogens with zero attached hydrogens (tertiary/aromatic N) is 2. The van der Waals surface area contributed by atoms with Crippen molar-refractivity contribution in [3.05, 3.63) is 46.7 Å². The maximum atomic E-state index is 11.7. The van der Waals surface area contributed by atoms with Crippen LogP contribution in [0.3, 0.4) is 0 Å². The van der Waals surface area contributed by atoms with Crippen molar-refractivity contribution in [2.75, 3.05) is 5.75 Å². The molecular formula is C14H11N3OS3. The molecule has 0 saturated heterocycles. The van der Waals surface area contributed by atoms with Crippen molar-refractivity contribution in [3.63, 3.8) is 0 Å². The molecule has 0 radical (unpaired) electrons. The van der Waals surface area contributed by atoms with Gasteiger partial charge in [-0.15, -0.1) is 22.7 Å². The first-order chi connectivity index (χ1) is 10.3. The Morgan fingerprint density at radius 2 is 2.24 bits per heavy atom. The highest BCUT2D eigenvalue weighted by atomic mass is 32.2. The van der Waals surface area contributed by atoms with Gasteiger partial charge in [-0.05, 0) is 23.6 Å². The monoisotopic (exact) mass is 333 g/mol. The number of amides is 1. The summed E-state index contributed by atoms with van der Waals surface area (Å²) in [4.78, 5) is 17.2. The minimum Gasteiger partial charge on any atom is -0.272 e. The van der Waals surface area contributed by atoms with Crippen molar-refractivity contribution in [2.24, 2.45) is 5.10 Å². The van der Waals surface area contributed by atoms with E-state index in [1.54, 1.807) is 28.9 Å². The highest BCUT2D eigenvalue weighted by Gasteiger charge is 2.06. The number of fused-ring (bicyclic) bond motifs is 1. The van der Waals surface area contributed by atoms with Crippen molar-refractivity contribution in [1.82, 2.24) is 10.4 Å². The van der Waals surface area contributed by atoms with Crippen LogP contribution in [-0.4, -0.2) is 22.9 Å². The Bertz CT molecular complexity index is 732. The number of nitrogens with one attached hydrogen (secondary N) is 1. The van der Waals surface area contributed by atoms with E-state index in [1.807, 2.05) is 41.8 Å². The fraction of sp³-hybridized carbons (Fsp3) is 0.0714. The first-order valence-electron chi connectivity index (χ1n) is 6.15. The molecule has 0 aliphatic carbocycles. The molecule has 106 valence electrons. The fourth-order valence-electron chi connectivity index (χ4n) is 1.60. The van der Waals surface area contributed by atoms with Crippen molar-refractivity contribution in [2.45, 2.75) is 4.34 Å². The van der Waals surface area contributed by atoms with Crippen LogP contribution in [0, 0.1) is 0 Å². The topological polar surface area (TPSA) is 54.4 Å². The number of rotatable bonds is 5. The molecule has 0 saturated carbocycles. The van der Waals surface area contributed by atoms with Crippen LogP contribution < -0.4 is 5.43 Å². The maximum absolute atomic E-state index is 11.7. The normalized spacial score (nSPS) is 11.2. The number of thiazole rings is 1. The summed E-state index contributed by atoms with van der Waals surface area (Å²) in [5.41, 5.74) is 3.49. The summed E-state index contributed by atoms with van der Waals surface area (Å²) >= 11 is 4.60. The van der Waals surface area contributed by atoms with Crippen molar-refractivity contribution < 1.29 is 4.79 Å². The molecule has 0 aliphatic rings. The van der Waals surface area contributed by atoms with Gasteiger partial charge in [-0.3, -0.25) is 4.79 Å². The SMILES string of the molecule is O=C(CSc1nc2ccccc2s1)N/N=C/c1cccs1. The van der Waals surface area contributed by atoms with E-state index in [1.165, 1.54) is 11.8 Å². The molecule has 0 unspecified atom stereocenters. The number of aromatic nitrogens is 1. The van der Waals surface area contributed by atoms with Crippen molar-refractivity contribution in [1.29, 1.82) is 0 Å². The summed E-state index contributed by atoms with van der Waals surface area (Å²) in [5, 5.41) is 5.89. The summed E-state index contributed by atoms with van der Waals surface area (Å²) in [6.07, 6.45) is 1.64. The van der Waals surface area contributed by atoms with Crippen molar-refractivity contribution in [3.8, 4) is 0 Å². The molecular weight excluding hydrogens is 322 g/mol. The molecule has 2 heterocycles. The zero-order valence-electron chi connectivity index (χ0n) is 10.9. The third-order valence-corrected chi connectivity index (χ3v) is 5.51. The second-order valence-corrected chi connectivity index (χ2v) is 7.28. The lowest BCUT2D eigenvalue weighted by Gasteiger charge is -1.96. The Labute approximate surface area is 133 Å². The zero-order chi connectivity index (χ0) is 14.5. The highest BCUT2D eigenvalue weighted by molar-refractivity contribution is 8.01. The van der Waals surface area contributed by atoms with Gasteiger partial charge in [0.2, 0.25) is 0 Å². The first-order valence-corrected chi connectivity index (χ1v) is 8.83. The van der Waals surface area contributed by atoms with E-state index in [0.717, 1.165) is 19.4 Å². The molecule has 0 aliphatic heterocycles. The minimum absolute atomic E-state index is 0.132. The smallest absolute Gasteiger partial charge is 0.250 e. The summed E-state index contributed by atoms with van der Waals surface area (Å²) < 4.78 is 2.03. The van der Waals surface area contributed by atoms with E-state index >= 15 is 0 Å². The van der Waals surface area contributed by atoms with Gasteiger partial charge in [-0.2, -0.15) is 5.10 Å². The number of thiophene rings is 1. The largest absolute Gasteiger partial charge is 0.272 e.